The number of nitrogens with one attached hydrogen (secondary N) is 1. The van der Waals surface area contributed by atoms with Crippen molar-refractivity contribution < 1.29 is 9.18 Å². The van der Waals surface area contributed by atoms with Crippen molar-refractivity contribution in [3.05, 3.63) is 59.4 Å². The molecular weight excluding hydrogens is 351 g/mol. The van der Waals surface area contributed by atoms with Crippen molar-refractivity contribution in [3.8, 4) is 11.4 Å². The summed E-state index contributed by atoms with van der Waals surface area (Å²) in [6, 6.07) is 12.6. The van der Waals surface area contributed by atoms with Crippen molar-refractivity contribution in [3.63, 3.8) is 0 Å². The predicted octanol–water partition coefficient (Wildman–Crippen LogP) is 3.97. The van der Waals surface area contributed by atoms with E-state index in [0.29, 0.717) is 16.4 Å². The molecule has 0 unspecified atom stereocenters. The third-order valence-electron chi connectivity index (χ3n) is 3.99. The Morgan fingerprint density at radius 2 is 1.96 bits per heavy atom. The van der Waals surface area contributed by atoms with Crippen LogP contribution in [-0.2, 0) is 11.8 Å². The van der Waals surface area contributed by atoms with Crippen molar-refractivity contribution >= 4 is 23.4 Å². The molecule has 2 aromatic carbocycles. The van der Waals surface area contributed by atoms with Crippen LogP contribution in [0.2, 0.25) is 0 Å². The molecule has 0 spiro atoms. The number of rotatable bonds is 5. The molecule has 0 fully saturated rings. The molecule has 26 heavy (non-hydrogen) atoms. The lowest BCUT2D eigenvalue weighted by Gasteiger charge is -2.08. The van der Waals surface area contributed by atoms with E-state index < -0.39 is 0 Å². The largest absolute Gasteiger partial charge is 0.325 e. The number of aromatic nitrogens is 3. The zero-order valence-electron chi connectivity index (χ0n) is 14.8. The average molecular weight is 370 g/mol. The summed E-state index contributed by atoms with van der Waals surface area (Å²) in [5.74, 6) is 0.350. The van der Waals surface area contributed by atoms with Crippen LogP contribution in [0.15, 0.2) is 47.6 Å². The van der Waals surface area contributed by atoms with Gasteiger partial charge >= 0.3 is 0 Å². The SMILES string of the molecule is Cc1cccc(-c2nnc(SCC(=O)Nc3cccc(F)c3C)n2C)c1. The molecule has 3 aromatic rings. The number of carbonyl (C=O) groups is 1. The van der Waals surface area contributed by atoms with Crippen LogP contribution in [0.4, 0.5) is 10.1 Å². The Morgan fingerprint density at radius 3 is 2.73 bits per heavy atom. The van der Waals surface area contributed by atoms with Crippen molar-refractivity contribution in [1.29, 1.82) is 0 Å². The zero-order valence-corrected chi connectivity index (χ0v) is 15.6. The fourth-order valence-electron chi connectivity index (χ4n) is 2.54. The molecule has 134 valence electrons. The minimum absolute atomic E-state index is 0.162. The van der Waals surface area contributed by atoms with Gasteiger partial charge in [-0.2, -0.15) is 0 Å². The number of nitrogens with zero attached hydrogens (tertiary/aromatic N) is 3. The Hall–Kier alpha value is -2.67. The van der Waals surface area contributed by atoms with Gasteiger partial charge in [-0.05, 0) is 32.0 Å². The highest BCUT2D eigenvalue weighted by Crippen LogP contribution is 2.24. The van der Waals surface area contributed by atoms with Gasteiger partial charge in [0.15, 0.2) is 11.0 Å². The number of amides is 1. The van der Waals surface area contributed by atoms with Gasteiger partial charge in [-0.15, -0.1) is 10.2 Å². The number of thioether (sulfide) groups is 1. The molecule has 0 saturated heterocycles. The van der Waals surface area contributed by atoms with E-state index >= 15 is 0 Å². The lowest BCUT2D eigenvalue weighted by Crippen LogP contribution is -2.15. The first-order chi connectivity index (χ1) is 12.5. The molecule has 0 saturated carbocycles. The van der Waals surface area contributed by atoms with Crippen LogP contribution >= 0.6 is 11.8 Å². The van der Waals surface area contributed by atoms with Gasteiger partial charge in [0, 0.05) is 23.9 Å². The van der Waals surface area contributed by atoms with Crippen molar-refractivity contribution in [2.75, 3.05) is 11.1 Å². The topological polar surface area (TPSA) is 59.8 Å². The molecule has 1 N–H and O–H groups in total. The maximum Gasteiger partial charge on any atom is 0.234 e. The monoisotopic (exact) mass is 370 g/mol. The quantitative estimate of drug-likeness (QED) is 0.691. The van der Waals surface area contributed by atoms with Crippen LogP contribution in [0.5, 0.6) is 0 Å². The Morgan fingerprint density at radius 1 is 1.19 bits per heavy atom. The maximum absolute atomic E-state index is 13.5. The van der Waals surface area contributed by atoms with E-state index in [2.05, 4.69) is 15.5 Å². The second kappa shape index (κ2) is 7.70. The van der Waals surface area contributed by atoms with Crippen LogP contribution in [0.1, 0.15) is 11.1 Å². The predicted molar refractivity (Wildman–Crippen MR) is 102 cm³/mol. The van der Waals surface area contributed by atoms with Crippen molar-refractivity contribution in [1.82, 2.24) is 14.8 Å². The van der Waals surface area contributed by atoms with E-state index in [1.165, 1.54) is 17.8 Å². The molecule has 0 bridgehead atoms. The van der Waals surface area contributed by atoms with Gasteiger partial charge in [0.1, 0.15) is 5.82 Å². The van der Waals surface area contributed by atoms with Gasteiger partial charge in [-0.3, -0.25) is 4.79 Å². The Kier molecular flexibility index (Phi) is 5.37. The first-order valence-corrected chi connectivity index (χ1v) is 9.08. The van der Waals surface area contributed by atoms with Crippen LogP contribution in [0, 0.1) is 19.7 Å². The fraction of sp³-hybridized carbons (Fsp3) is 0.211. The molecule has 7 heteroatoms. The lowest BCUT2D eigenvalue weighted by atomic mass is 10.1. The number of aryl methyl sites for hydroxylation is 1. The second-order valence-electron chi connectivity index (χ2n) is 5.98. The molecule has 0 aliphatic heterocycles. The summed E-state index contributed by atoms with van der Waals surface area (Å²) in [6.07, 6.45) is 0. The number of hydrogen-bond donors (Lipinski definition) is 1. The maximum atomic E-state index is 13.5. The first-order valence-electron chi connectivity index (χ1n) is 8.10. The standard InChI is InChI=1S/C19H19FN4OS/c1-12-6-4-7-14(10-12)18-22-23-19(24(18)3)26-11-17(25)21-16-9-5-8-15(20)13(16)2/h4-10H,11H2,1-3H3,(H,21,25). The Bertz CT molecular complexity index is 954. The zero-order chi connectivity index (χ0) is 18.7. The van der Waals surface area contributed by atoms with E-state index in [4.69, 9.17) is 0 Å². The minimum Gasteiger partial charge on any atom is -0.325 e. The number of benzene rings is 2. The molecular formula is C19H19FN4OS. The average Bonchev–Trinajstić information content (AvgIpc) is 2.98. The van der Waals surface area contributed by atoms with Crippen molar-refractivity contribution in [2.24, 2.45) is 7.05 Å². The summed E-state index contributed by atoms with van der Waals surface area (Å²) in [5.41, 5.74) is 3.02. The summed E-state index contributed by atoms with van der Waals surface area (Å²) >= 11 is 1.29. The molecule has 0 aliphatic rings. The second-order valence-corrected chi connectivity index (χ2v) is 6.93. The highest BCUT2D eigenvalue weighted by Gasteiger charge is 2.14. The molecule has 1 amide bonds. The van der Waals surface area contributed by atoms with Crippen LogP contribution in [0.3, 0.4) is 0 Å². The minimum atomic E-state index is -0.341. The number of anilines is 1. The molecule has 0 aliphatic carbocycles. The lowest BCUT2D eigenvalue weighted by molar-refractivity contribution is -0.113. The van der Waals surface area contributed by atoms with Gasteiger partial charge < -0.3 is 9.88 Å². The third-order valence-corrected chi connectivity index (χ3v) is 5.01. The van der Waals surface area contributed by atoms with Gasteiger partial charge in [0.05, 0.1) is 5.75 Å². The van der Waals surface area contributed by atoms with E-state index in [9.17, 15) is 9.18 Å². The van der Waals surface area contributed by atoms with E-state index in [1.807, 2.05) is 42.8 Å². The first kappa shape index (κ1) is 18.1. The van der Waals surface area contributed by atoms with E-state index in [0.717, 1.165) is 17.0 Å². The molecule has 3 rings (SSSR count). The van der Waals surface area contributed by atoms with Gasteiger partial charge in [-0.25, -0.2) is 4.39 Å². The Labute approximate surface area is 155 Å². The normalized spacial score (nSPS) is 10.8. The van der Waals surface area contributed by atoms with Gasteiger partial charge in [-0.1, -0.05) is 41.6 Å². The van der Waals surface area contributed by atoms with E-state index in [-0.39, 0.29) is 17.5 Å². The van der Waals surface area contributed by atoms with Gasteiger partial charge in [0.25, 0.3) is 0 Å². The highest BCUT2D eigenvalue weighted by molar-refractivity contribution is 7.99. The summed E-state index contributed by atoms with van der Waals surface area (Å²) in [5, 5.41) is 11.8. The van der Waals surface area contributed by atoms with Crippen LogP contribution in [-0.4, -0.2) is 26.4 Å². The number of halogens is 1. The molecule has 0 atom stereocenters. The smallest absolute Gasteiger partial charge is 0.234 e. The summed E-state index contributed by atoms with van der Waals surface area (Å²) in [6.45, 7) is 3.66. The molecule has 0 radical (unpaired) electrons. The van der Waals surface area contributed by atoms with Crippen molar-refractivity contribution in [2.45, 2.75) is 19.0 Å². The highest BCUT2D eigenvalue weighted by atomic mass is 32.2. The molecule has 5 nitrogen and oxygen atoms in total. The van der Waals surface area contributed by atoms with E-state index in [1.54, 1.807) is 19.1 Å². The molecule has 1 heterocycles. The Balaban J connectivity index is 1.67. The summed E-state index contributed by atoms with van der Waals surface area (Å²) < 4.78 is 15.4. The number of hydrogen-bond acceptors (Lipinski definition) is 4. The fourth-order valence-corrected chi connectivity index (χ4v) is 3.25. The van der Waals surface area contributed by atoms with Crippen LogP contribution < -0.4 is 5.32 Å². The van der Waals surface area contributed by atoms with Gasteiger partial charge in [0.2, 0.25) is 5.91 Å². The van der Waals surface area contributed by atoms with Crippen LogP contribution in [0.25, 0.3) is 11.4 Å². The number of carbonyl (C=O) groups excluding carboxylic acids is 1. The summed E-state index contributed by atoms with van der Waals surface area (Å²) in [4.78, 5) is 12.2. The molecule has 1 aromatic heterocycles. The summed E-state index contributed by atoms with van der Waals surface area (Å²) in [7, 11) is 1.87. The third kappa shape index (κ3) is 3.94.